The van der Waals surface area contributed by atoms with Crippen LogP contribution in [0.2, 0.25) is 0 Å². The summed E-state index contributed by atoms with van der Waals surface area (Å²) in [6.07, 6.45) is 4.99. The van der Waals surface area contributed by atoms with Gasteiger partial charge in [-0.3, -0.25) is 4.99 Å². The summed E-state index contributed by atoms with van der Waals surface area (Å²) in [5, 5.41) is 3.76. The molecule has 5 heteroatoms. The van der Waals surface area contributed by atoms with Crippen LogP contribution in [0.15, 0.2) is 41.4 Å². The minimum Gasteiger partial charge on any atom is -0.377 e. The molecule has 4 rings (SSSR count). The Kier molecular flexibility index (Phi) is 5.97. The minimum absolute atomic E-state index is 0. The molecule has 1 saturated carbocycles. The van der Waals surface area contributed by atoms with Crippen molar-refractivity contribution in [2.24, 2.45) is 16.3 Å². The molecule has 1 aromatic rings. The van der Waals surface area contributed by atoms with E-state index in [1.165, 1.54) is 17.6 Å². The van der Waals surface area contributed by atoms with Crippen LogP contribution in [0.3, 0.4) is 0 Å². The van der Waals surface area contributed by atoms with Gasteiger partial charge in [-0.1, -0.05) is 50.3 Å². The van der Waals surface area contributed by atoms with Gasteiger partial charge in [0.15, 0.2) is 5.96 Å². The van der Waals surface area contributed by atoms with Crippen molar-refractivity contribution in [2.45, 2.75) is 38.8 Å². The SMILES string of the molecule is CN=C(NC1C2CCOC2C1(C)C)N1CC=C(c2ccccc2)CC1.I. The van der Waals surface area contributed by atoms with E-state index in [1.807, 2.05) is 7.05 Å². The summed E-state index contributed by atoms with van der Waals surface area (Å²) in [6, 6.07) is 11.2. The third kappa shape index (κ3) is 3.40. The normalized spacial score (nSPS) is 30.0. The summed E-state index contributed by atoms with van der Waals surface area (Å²) < 4.78 is 5.92. The van der Waals surface area contributed by atoms with Crippen molar-refractivity contribution in [1.29, 1.82) is 0 Å². The van der Waals surface area contributed by atoms with Crippen LogP contribution in [0.25, 0.3) is 5.57 Å². The molecule has 0 spiro atoms. The first-order chi connectivity index (χ1) is 12.1. The number of guanidine groups is 1. The van der Waals surface area contributed by atoms with Crippen molar-refractivity contribution in [3.05, 3.63) is 42.0 Å². The lowest BCUT2D eigenvalue weighted by Gasteiger charge is -2.55. The lowest BCUT2D eigenvalue weighted by molar-refractivity contribution is -0.107. The van der Waals surface area contributed by atoms with E-state index in [1.54, 1.807) is 0 Å². The van der Waals surface area contributed by atoms with Crippen molar-refractivity contribution in [3.63, 3.8) is 0 Å². The van der Waals surface area contributed by atoms with Gasteiger partial charge in [-0.15, -0.1) is 24.0 Å². The van der Waals surface area contributed by atoms with Crippen LogP contribution in [-0.2, 0) is 4.74 Å². The third-order valence-electron chi connectivity index (χ3n) is 6.25. The maximum atomic E-state index is 5.92. The van der Waals surface area contributed by atoms with Gasteiger partial charge in [0.2, 0.25) is 0 Å². The third-order valence-corrected chi connectivity index (χ3v) is 6.25. The van der Waals surface area contributed by atoms with Gasteiger partial charge in [-0.2, -0.15) is 0 Å². The van der Waals surface area contributed by atoms with Gasteiger partial charge in [-0.05, 0) is 24.0 Å². The van der Waals surface area contributed by atoms with Gasteiger partial charge in [0.1, 0.15) is 0 Å². The molecule has 0 radical (unpaired) electrons. The second kappa shape index (κ2) is 7.89. The standard InChI is InChI=1S/C21H29N3O.HI/c1-21(2)18(17-11-14-25-19(17)21)23-20(22-3)24-12-9-16(10-13-24)15-7-5-4-6-8-15;/h4-9,17-19H,10-14H2,1-3H3,(H,22,23);1H. The summed E-state index contributed by atoms with van der Waals surface area (Å²) in [6.45, 7) is 7.46. The van der Waals surface area contributed by atoms with Gasteiger partial charge < -0.3 is 15.0 Å². The number of halogens is 1. The number of rotatable bonds is 2. The second-order valence-electron chi connectivity index (χ2n) is 8.03. The van der Waals surface area contributed by atoms with E-state index < -0.39 is 0 Å². The van der Waals surface area contributed by atoms with Crippen LogP contribution < -0.4 is 5.32 Å². The van der Waals surface area contributed by atoms with Gasteiger partial charge >= 0.3 is 0 Å². The quantitative estimate of drug-likeness (QED) is 0.409. The molecule has 3 aliphatic rings. The van der Waals surface area contributed by atoms with Crippen LogP contribution in [0.4, 0.5) is 0 Å². The number of benzene rings is 1. The molecule has 0 bridgehead atoms. The first-order valence-corrected chi connectivity index (χ1v) is 9.45. The van der Waals surface area contributed by atoms with Crippen molar-refractivity contribution in [3.8, 4) is 0 Å². The predicted octanol–water partition coefficient (Wildman–Crippen LogP) is 3.78. The summed E-state index contributed by atoms with van der Waals surface area (Å²) in [5.41, 5.74) is 2.97. The smallest absolute Gasteiger partial charge is 0.194 e. The Morgan fingerprint density at radius 1 is 1.27 bits per heavy atom. The number of hydrogen-bond acceptors (Lipinski definition) is 2. The second-order valence-corrected chi connectivity index (χ2v) is 8.03. The highest BCUT2D eigenvalue weighted by Crippen LogP contribution is 2.52. The number of nitrogens with one attached hydrogen (secondary N) is 1. The maximum Gasteiger partial charge on any atom is 0.194 e. The molecular weight excluding hydrogens is 437 g/mol. The Hall–Kier alpha value is -1.08. The van der Waals surface area contributed by atoms with Crippen LogP contribution in [0.5, 0.6) is 0 Å². The van der Waals surface area contributed by atoms with E-state index in [2.05, 4.69) is 65.5 Å². The molecular formula is C21H30IN3O. The maximum absolute atomic E-state index is 5.92. The highest BCUT2D eigenvalue weighted by Gasteiger charge is 2.59. The van der Waals surface area contributed by atoms with E-state index in [0.717, 1.165) is 32.1 Å². The van der Waals surface area contributed by atoms with Gasteiger partial charge in [-0.25, -0.2) is 0 Å². The molecule has 0 aromatic heterocycles. The Labute approximate surface area is 174 Å². The minimum atomic E-state index is 0. The zero-order valence-electron chi connectivity index (χ0n) is 15.9. The molecule has 1 aromatic carbocycles. The van der Waals surface area contributed by atoms with Crippen LogP contribution in [0, 0.1) is 11.3 Å². The molecule has 142 valence electrons. The van der Waals surface area contributed by atoms with Crippen molar-refractivity contribution in [1.82, 2.24) is 10.2 Å². The van der Waals surface area contributed by atoms with Gasteiger partial charge in [0.05, 0.1) is 6.10 Å². The molecule has 1 saturated heterocycles. The summed E-state index contributed by atoms with van der Waals surface area (Å²) in [4.78, 5) is 6.94. The van der Waals surface area contributed by atoms with Crippen molar-refractivity contribution >= 4 is 35.5 Å². The zero-order valence-corrected chi connectivity index (χ0v) is 18.3. The highest BCUT2D eigenvalue weighted by molar-refractivity contribution is 14.0. The molecule has 3 atom stereocenters. The Bertz CT molecular complexity index is 686. The van der Waals surface area contributed by atoms with E-state index >= 15 is 0 Å². The van der Waals surface area contributed by atoms with Crippen molar-refractivity contribution < 1.29 is 4.74 Å². The molecule has 1 N–H and O–H groups in total. The molecule has 26 heavy (non-hydrogen) atoms. The fourth-order valence-electron chi connectivity index (χ4n) is 4.83. The first kappa shape index (κ1) is 19.7. The van der Waals surface area contributed by atoms with E-state index in [0.29, 0.717) is 18.1 Å². The Morgan fingerprint density at radius 3 is 2.69 bits per heavy atom. The molecule has 0 amide bonds. The molecule has 2 aliphatic heterocycles. The topological polar surface area (TPSA) is 36.9 Å². The molecule has 2 heterocycles. The predicted molar refractivity (Wildman–Crippen MR) is 118 cm³/mol. The number of hydrogen-bond donors (Lipinski definition) is 1. The van der Waals surface area contributed by atoms with E-state index in [-0.39, 0.29) is 29.4 Å². The van der Waals surface area contributed by atoms with E-state index in [4.69, 9.17) is 4.74 Å². The van der Waals surface area contributed by atoms with Gasteiger partial charge in [0.25, 0.3) is 0 Å². The van der Waals surface area contributed by atoms with Crippen molar-refractivity contribution in [2.75, 3.05) is 26.7 Å². The zero-order chi connectivity index (χ0) is 17.4. The number of fused-ring (bicyclic) bond motifs is 1. The number of nitrogens with zero attached hydrogens (tertiary/aromatic N) is 2. The van der Waals surface area contributed by atoms with E-state index in [9.17, 15) is 0 Å². The molecule has 3 unspecified atom stereocenters. The largest absolute Gasteiger partial charge is 0.377 e. The summed E-state index contributed by atoms with van der Waals surface area (Å²) in [5.74, 6) is 1.67. The molecule has 1 aliphatic carbocycles. The number of ether oxygens (including phenoxy) is 1. The summed E-state index contributed by atoms with van der Waals surface area (Å²) >= 11 is 0. The average molecular weight is 467 g/mol. The lowest BCUT2D eigenvalue weighted by atomic mass is 9.57. The van der Waals surface area contributed by atoms with Crippen LogP contribution in [0.1, 0.15) is 32.3 Å². The van der Waals surface area contributed by atoms with Crippen LogP contribution in [-0.4, -0.2) is 49.7 Å². The molecule has 2 fully saturated rings. The summed E-state index contributed by atoms with van der Waals surface area (Å²) in [7, 11) is 1.90. The molecule has 4 nitrogen and oxygen atoms in total. The number of aliphatic imine (C=N–C) groups is 1. The average Bonchev–Trinajstić information content (AvgIpc) is 3.11. The van der Waals surface area contributed by atoms with Gasteiger partial charge in [0, 0.05) is 44.1 Å². The highest BCUT2D eigenvalue weighted by atomic mass is 127. The monoisotopic (exact) mass is 467 g/mol. The fraction of sp³-hybridized carbons (Fsp3) is 0.571. The fourth-order valence-corrected chi connectivity index (χ4v) is 4.83. The van der Waals surface area contributed by atoms with Crippen LogP contribution >= 0.6 is 24.0 Å². The lowest BCUT2D eigenvalue weighted by Crippen LogP contribution is -2.68. The Morgan fingerprint density at radius 2 is 2.04 bits per heavy atom. The first-order valence-electron chi connectivity index (χ1n) is 9.45. The Balaban J connectivity index is 0.00000196.